The number of amides is 2. The lowest BCUT2D eigenvalue weighted by atomic mass is 9.85. The van der Waals surface area contributed by atoms with E-state index in [4.69, 9.17) is 9.84 Å². The number of carboxylic acids is 1. The van der Waals surface area contributed by atoms with Gasteiger partial charge in [-0.05, 0) is 41.5 Å². The van der Waals surface area contributed by atoms with Crippen molar-refractivity contribution in [2.45, 2.75) is 56.5 Å². The van der Waals surface area contributed by atoms with Gasteiger partial charge in [0.15, 0.2) is 0 Å². The van der Waals surface area contributed by atoms with Gasteiger partial charge in [0, 0.05) is 17.9 Å². The van der Waals surface area contributed by atoms with E-state index in [0.29, 0.717) is 19.3 Å². The number of nitrogens with one attached hydrogen (secondary N) is 2. The Morgan fingerprint density at radius 2 is 1.63 bits per heavy atom. The Morgan fingerprint density at radius 3 is 2.23 bits per heavy atom. The third kappa shape index (κ3) is 5.78. The number of carboxylic acid groups (broad SMARTS) is 1. The van der Waals surface area contributed by atoms with Crippen LogP contribution in [0.4, 0.5) is 13.6 Å². The van der Waals surface area contributed by atoms with E-state index in [0.717, 1.165) is 22.3 Å². The summed E-state index contributed by atoms with van der Waals surface area (Å²) >= 11 is 0. The third-order valence-electron chi connectivity index (χ3n) is 6.74. The quantitative estimate of drug-likeness (QED) is 0.516. The van der Waals surface area contributed by atoms with Crippen LogP contribution in [-0.4, -0.2) is 48.2 Å². The van der Waals surface area contributed by atoms with E-state index in [1.807, 2.05) is 36.4 Å². The summed E-state index contributed by atoms with van der Waals surface area (Å²) in [5.41, 5.74) is 4.46. The number of halogens is 2. The number of ether oxygens (including phenoxy) is 1. The highest BCUT2D eigenvalue weighted by Crippen LogP contribution is 2.44. The van der Waals surface area contributed by atoms with Crippen molar-refractivity contribution in [1.29, 1.82) is 0 Å². The molecule has 2 aromatic carbocycles. The molecule has 1 fully saturated rings. The van der Waals surface area contributed by atoms with Crippen LogP contribution in [0, 0.1) is 5.92 Å². The van der Waals surface area contributed by atoms with Crippen LogP contribution in [0.5, 0.6) is 0 Å². The highest BCUT2D eigenvalue weighted by molar-refractivity contribution is 5.80. The number of hydrogen-bond acceptors (Lipinski definition) is 4. The Kier molecular flexibility index (Phi) is 7.63. The number of hydrogen-bond donors (Lipinski definition) is 3. The van der Waals surface area contributed by atoms with Gasteiger partial charge in [-0.15, -0.1) is 0 Å². The Labute approximate surface area is 201 Å². The molecule has 0 heterocycles. The Bertz CT molecular complexity index is 1050. The van der Waals surface area contributed by atoms with Crippen molar-refractivity contribution in [2.24, 2.45) is 5.92 Å². The molecule has 2 aliphatic carbocycles. The Morgan fingerprint density at radius 1 is 1.00 bits per heavy atom. The fourth-order valence-electron chi connectivity index (χ4n) is 5.06. The molecule has 0 bridgehead atoms. The van der Waals surface area contributed by atoms with Gasteiger partial charge in [0.2, 0.25) is 5.91 Å². The molecule has 4 rings (SSSR count). The zero-order valence-corrected chi connectivity index (χ0v) is 19.1. The van der Waals surface area contributed by atoms with Crippen LogP contribution in [0.15, 0.2) is 48.5 Å². The molecule has 35 heavy (non-hydrogen) atoms. The number of alkyl halides is 2. The molecule has 0 aromatic heterocycles. The number of rotatable bonds is 8. The van der Waals surface area contributed by atoms with E-state index in [1.165, 1.54) is 0 Å². The molecule has 2 amide bonds. The van der Waals surface area contributed by atoms with E-state index in [1.54, 1.807) is 0 Å². The van der Waals surface area contributed by atoms with Crippen molar-refractivity contribution in [3.05, 3.63) is 59.7 Å². The normalized spacial score (nSPS) is 20.0. The lowest BCUT2D eigenvalue weighted by Crippen LogP contribution is -2.47. The average Bonchev–Trinajstić information content (AvgIpc) is 3.16. The number of benzene rings is 2. The van der Waals surface area contributed by atoms with Gasteiger partial charge in [0.05, 0.1) is 6.42 Å². The van der Waals surface area contributed by atoms with Crippen LogP contribution in [0.25, 0.3) is 11.1 Å². The van der Waals surface area contributed by atoms with Gasteiger partial charge in [-0.1, -0.05) is 55.0 Å². The first kappa shape index (κ1) is 24.6. The van der Waals surface area contributed by atoms with E-state index in [-0.39, 0.29) is 25.0 Å². The maximum atomic E-state index is 13.1. The molecule has 1 unspecified atom stereocenters. The number of fused-ring (bicyclic) bond motifs is 3. The molecule has 7 nitrogen and oxygen atoms in total. The van der Waals surface area contributed by atoms with Gasteiger partial charge < -0.3 is 20.5 Å². The van der Waals surface area contributed by atoms with Crippen molar-refractivity contribution < 1.29 is 33.0 Å². The van der Waals surface area contributed by atoms with Gasteiger partial charge in [-0.3, -0.25) is 9.59 Å². The van der Waals surface area contributed by atoms with E-state index < -0.39 is 42.8 Å². The lowest BCUT2D eigenvalue weighted by Gasteiger charge is -2.30. The highest BCUT2D eigenvalue weighted by Gasteiger charge is 2.33. The van der Waals surface area contributed by atoms with Crippen molar-refractivity contribution >= 4 is 18.0 Å². The summed E-state index contributed by atoms with van der Waals surface area (Å²) in [5.74, 6) is -2.68. The van der Waals surface area contributed by atoms with Gasteiger partial charge in [-0.2, -0.15) is 0 Å². The van der Waals surface area contributed by atoms with E-state index in [9.17, 15) is 23.2 Å². The zero-order chi connectivity index (χ0) is 24.9. The third-order valence-corrected chi connectivity index (χ3v) is 6.74. The molecule has 186 valence electrons. The summed E-state index contributed by atoms with van der Waals surface area (Å²) in [6.07, 6.45) is -2.39. The molecule has 0 spiro atoms. The fourth-order valence-corrected chi connectivity index (χ4v) is 5.06. The topological polar surface area (TPSA) is 105 Å². The zero-order valence-electron chi connectivity index (χ0n) is 19.1. The SMILES string of the molecule is O=C(O)CC(NC(=O)[C@@H]1CCC[C@H](NC(=O)OCC2c3ccccc3-c3ccccc32)C1)C(F)F. The lowest BCUT2D eigenvalue weighted by molar-refractivity contribution is -0.139. The standard InChI is InChI=1S/C26H28F2N2O5/c27-24(28)22(13-23(31)32)30-25(33)15-6-5-7-16(12-15)29-26(34)35-14-21-19-10-3-1-8-17(19)18-9-2-4-11-20(18)21/h1-4,8-11,15-16,21-22,24H,5-7,12-14H2,(H,29,34)(H,30,33)(H,31,32)/t15-,16+,22?/m1/s1. The first-order chi connectivity index (χ1) is 16.8. The summed E-state index contributed by atoms with van der Waals surface area (Å²) in [5, 5.41) is 13.7. The first-order valence-electron chi connectivity index (χ1n) is 11.7. The largest absolute Gasteiger partial charge is 0.481 e. The van der Waals surface area contributed by atoms with E-state index in [2.05, 4.69) is 22.8 Å². The number of alkyl carbamates (subject to hydrolysis) is 1. The molecule has 3 N–H and O–H groups in total. The fraction of sp³-hybridized carbons (Fsp3) is 0.423. The maximum Gasteiger partial charge on any atom is 0.407 e. The molecule has 0 aliphatic heterocycles. The van der Waals surface area contributed by atoms with Crippen molar-refractivity contribution in [3.8, 4) is 11.1 Å². The summed E-state index contributed by atoms with van der Waals surface area (Å²) in [7, 11) is 0. The van der Waals surface area contributed by atoms with Crippen LogP contribution >= 0.6 is 0 Å². The average molecular weight is 487 g/mol. The second-order valence-corrected chi connectivity index (χ2v) is 9.08. The monoisotopic (exact) mass is 486 g/mol. The summed E-state index contributed by atoms with van der Waals surface area (Å²) in [6.45, 7) is 0.168. The molecule has 3 atom stereocenters. The molecular weight excluding hydrogens is 458 g/mol. The minimum atomic E-state index is -2.98. The van der Waals surface area contributed by atoms with Gasteiger partial charge in [-0.25, -0.2) is 13.6 Å². The minimum absolute atomic E-state index is 0.0708. The molecule has 0 radical (unpaired) electrons. The Balaban J connectivity index is 1.31. The summed E-state index contributed by atoms with van der Waals surface area (Å²) in [6, 6.07) is 14.0. The summed E-state index contributed by atoms with van der Waals surface area (Å²) < 4.78 is 31.7. The highest BCUT2D eigenvalue weighted by atomic mass is 19.3. The molecule has 9 heteroatoms. The number of aliphatic carboxylic acids is 1. The number of carbonyl (C=O) groups is 3. The maximum absolute atomic E-state index is 13.1. The van der Waals surface area contributed by atoms with Gasteiger partial charge >= 0.3 is 12.1 Å². The Hall–Kier alpha value is -3.49. The molecule has 2 aliphatic rings. The number of carbonyl (C=O) groups excluding carboxylic acids is 2. The van der Waals surface area contributed by atoms with Crippen molar-refractivity contribution in [1.82, 2.24) is 10.6 Å². The van der Waals surface area contributed by atoms with Crippen molar-refractivity contribution in [2.75, 3.05) is 6.61 Å². The molecular formula is C26H28F2N2O5. The summed E-state index contributed by atoms with van der Waals surface area (Å²) in [4.78, 5) is 35.8. The van der Waals surface area contributed by atoms with Gasteiger partial charge in [0.1, 0.15) is 12.6 Å². The second-order valence-electron chi connectivity index (χ2n) is 9.08. The second kappa shape index (κ2) is 10.8. The van der Waals surface area contributed by atoms with Crippen LogP contribution < -0.4 is 10.6 Å². The predicted octanol–water partition coefficient (Wildman–Crippen LogP) is 4.31. The van der Waals surface area contributed by atoms with Crippen LogP contribution in [0.2, 0.25) is 0 Å². The van der Waals surface area contributed by atoms with Crippen LogP contribution in [-0.2, 0) is 14.3 Å². The molecule has 1 saturated carbocycles. The smallest absolute Gasteiger partial charge is 0.407 e. The van der Waals surface area contributed by atoms with Crippen LogP contribution in [0.3, 0.4) is 0 Å². The molecule has 2 aromatic rings. The van der Waals surface area contributed by atoms with E-state index >= 15 is 0 Å². The van der Waals surface area contributed by atoms with Crippen LogP contribution in [0.1, 0.15) is 49.1 Å². The molecule has 0 saturated heterocycles. The minimum Gasteiger partial charge on any atom is -0.481 e. The predicted molar refractivity (Wildman–Crippen MR) is 124 cm³/mol. The first-order valence-corrected chi connectivity index (χ1v) is 11.7. The van der Waals surface area contributed by atoms with Crippen molar-refractivity contribution in [3.63, 3.8) is 0 Å². The van der Waals surface area contributed by atoms with Gasteiger partial charge in [0.25, 0.3) is 6.43 Å².